The van der Waals surface area contributed by atoms with Crippen molar-refractivity contribution in [2.24, 2.45) is 5.92 Å². The first-order valence-corrected chi connectivity index (χ1v) is 8.01. The highest BCUT2D eigenvalue weighted by molar-refractivity contribution is 6.02. The van der Waals surface area contributed by atoms with Gasteiger partial charge in [-0.2, -0.15) is 5.26 Å². The van der Waals surface area contributed by atoms with Crippen molar-refractivity contribution in [2.45, 2.75) is 52.5 Å². The zero-order valence-electron chi connectivity index (χ0n) is 13.6. The Morgan fingerprint density at radius 3 is 2.73 bits per heavy atom. The average molecular weight is 296 g/mol. The van der Waals surface area contributed by atoms with E-state index in [4.69, 9.17) is 0 Å². The first-order valence-electron chi connectivity index (χ1n) is 8.01. The third kappa shape index (κ3) is 3.98. The van der Waals surface area contributed by atoms with Crippen LogP contribution in [0.4, 0.5) is 0 Å². The molecular weight excluding hydrogens is 272 g/mol. The molecular formula is C19H24N2O. The van der Waals surface area contributed by atoms with Gasteiger partial charge in [-0.3, -0.25) is 4.79 Å². The van der Waals surface area contributed by atoms with Gasteiger partial charge in [0.05, 0.1) is 0 Å². The quantitative estimate of drug-likeness (QED) is 0.679. The summed E-state index contributed by atoms with van der Waals surface area (Å²) in [6.45, 7) is 6.17. The molecule has 22 heavy (non-hydrogen) atoms. The van der Waals surface area contributed by atoms with E-state index in [-0.39, 0.29) is 17.5 Å². The molecule has 2 atom stereocenters. The van der Waals surface area contributed by atoms with Gasteiger partial charge in [-0.1, -0.05) is 43.5 Å². The lowest BCUT2D eigenvalue weighted by Gasteiger charge is -2.29. The van der Waals surface area contributed by atoms with E-state index in [1.54, 1.807) is 6.08 Å². The summed E-state index contributed by atoms with van der Waals surface area (Å²) >= 11 is 0. The SMILES string of the molecule is Cc1ccc(C)c(/C=C(\C#N)C(=O)N[C@@H]2CCCC[C@@H]2C)c1. The van der Waals surface area contributed by atoms with Crippen LogP contribution in [0.3, 0.4) is 0 Å². The summed E-state index contributed by atoms with van der Waals surface area (Å²) in [5.41, 5.74) is 3.31. The van der Waals surface area contributed by atoms with Crippen LogP contribution in [0.1, 0.15) is 49.3 Å². The van der Waals surface area contributed by atoms with Crippen LogP contribution in [-0.2, 0) is 4.79 Å². The van der Waals surface area contributed by atoms with E-state index in [0.717, 1.165) is 36.0 Å². The van der Waals surface area contributed by atoms with E-state index >= 15 is 0 Å². The molecule has 3 nitrogen and oxygen atoms in total. The minimum atomic E-state index is -0.248. The largest absolute Gasteiger partial charge is 0.348 e. The van der Waals surface area contributed by atoms with Crippen LogP contribution in [-0.4, -0.2) is 11.9 Å². The number of hydrogen-bond donors (Lipinski definition) is 1. The molecule has 1 fully saturated rings. The number of aryl methyl sites for hydroxylation is 2. The molecule has 1 amide bonds. The molecule has 1 saturated carbocycles. The number of nitrogens with zero attached hydrogens (tertiary/aromatic N) is 1. The third-order valence-electron chi connectivity index (χ3n) is 4.53. The van der Waals surface area contributed by atoms with Crippen molar-refractivity contribution in [3.8, 4) is 6.07 Å². The Kier molecular flexibility index (Phi) is 5.38. The van der Waals surface area contributed by atoms with Gasteiger partial charge in [0, 0.05) is 6.04 Å². The second kappa shape index (κ2) is 7.26. The number of benzene rings is 1. The molecule has 1 N–H and O–H groups in total. The van der Waals surface area contributed by atoms with Gasteiger partial charge < -0.3 is 5.32 Å². The van der Waals surface area contributed by atoms with Crippen LogP contribution in [0.15, 0.2) is 23.8 Å². The molecule has 0 aliphatic heterocycles. The first-order chi connectivity index (χ1) is 10.5. The van der Waals surface area contributed by atoms with E-state index in [2.05, 4.69) is 18.3 Å². The Bertz CT molecular complexity index is 625. The Hall–Kier alpha value is -2.08. The van der Waals surface area contributed by atoms with Crippen LogP contribution >= 0.6 is 0 Å². The van der Waals surface area contributed by atoms with Crippen molar-refractivity contribution in [1.82, 2.24) is 5.32 Å². The lowest BCUT2D eigenvalue weighted by molar-refractivity contribution is -0.118. The molecule has 116 valence electrons. The van der Waals surface area contributed by atoms with E-state index in [1.807, 2.05) is 32.0 Å². The predicted molar refractivity (Wildman–Crippen MR) is 89.1 cm³/mol. The van der Waals surface area contributed by atoms with Crippen LogP contribution in [0.2, 0.25) is 0 Å². The fourth-order valence-corrected chi connectivity index (χ4v) is 3.00. The number of carbonyl (C=O) groups is 1. The van der Waals surface area contributed by atoms with Gasteiger partial charge >= 0.3 is 0 Å². The summed E-state index contributed by atoms with van der Waals surface area (Å²) in [6.07, 6.45) is 6.24. The van der Waals surface area contributed by atoms with E-state index in [1.165, 1.54) is 6.42 Å². The molecule has 0 bridgehead atoms. The summed E-state index contributed by atoms with van der Waals surface area (Å²) in [7, 11) is 0. The molecule has 0 saturated heterocycles. The fourth-order valence-electron chi connectivity index (χ4n) is 3.00. The number of carbonyl (C=O) groups excluding carboxylic acids is 1. The van der Waals surface area contributed by atoms with Crippen molar-refractivity contribution in [3.05, 3.63) is 40.5 Å². The van der Waals surface area contributed by atoms with Crippen molar-refractivity contribution >= 4 is 12.0 Å². The van der Waals surface area contributed by atoms with Gasteiger partial charge in [0.15, 0.2) is 0 Å². The van der Waals surface area contributed by atoms with Crippen molar-refractivity contribution in [2.75, 3.05) is 0 Å². The Labute approximate surface area is 133 Å². The maximum atomic E-state index is 12.4. The second-order valence-corrected chi connectivity index (χ2v) is 6.37. The van der Waals surface area contributed by atoms with Crippen molar-refractivity contribution in [1.29, 1.82) is 5.26 Å². The maximum Gasteiger partial charge on any atom is 0.262 e. The topological polar surface area (TPSA) is 52.9 Å². The number of rotatable bonds is 3. The average Bonchev–Trinajstić information content (AvgIpc) is 2.50. The van der Waals surface area contributed by atoms with Gasteiger partial charge in [-0.05, 0) is 49.8 Å². The molecule has 1 aromatic carbocycles. The minimum Gasteiger partial charge on any atom is -0.348 e. The third-order valence-corrected chi connectivity index (χ3v) is 4.53. The van der Waals surface area contributed by atoms with E-state index < -0.39 is 0 Å². The summed E-state index contributed by atoms with van der Waals surface area (Å²) in [5.74, 6) is 0.237. The predicted octanol–water partition coefficient (Wildman–Crippen LogP) is 3.91. The highest BCUT2D eigenvalue weighted by Crippen LogP contribution is 2.24. The van der Waals surface area contributed by atoms with Crippen LogP contribution < -0.4 is 5.32 Å². The minimum absolute atomic E-state index is 0.187. The number of amides is 1. The lowest BCUT2D eigenvalue weighted by Crippen LogP contribution is -2.41. The molecule has 0 unspecified atom stereocenters. The van der Waals surface area contributed by atoms with Gasteiger partial charge in [-0.25, -0.2) is 0 Å². The Balaban J connectivity index is 2.16. The fraction of sp³-hybridized carbons (Fsp3) is 0.474. The lowest BCUT2D eigenvalue weighted by atomic mass is 9.86. The van der Waals surface area contributed by atoms with E-state index in [9.17, 15) is 10.1 Å². The highest BCUT2D eigenvalue weighted by Gasteiger charge is 2.24. The van der Waals surface area contributed by atoms with Gasteiger partial charge in [0.1, 0.15) is 11.6 Å². The normalized spacial score (nSPS) is 22.0. The van der Waals surface area contributed by atoms with Gasteiger partial charge in [0.25, 0.3) is 5.91 Å². The van der Waals surface area contributed by atoms with Crippen LogP contribution in [0, 0.1) is 31.1 Å². The summed E-state index contributed by atoms with van der Waals surface area (Å²) in [6, 6.07) is 8.29. The Morgan fingerprint density at radius 1 is 1.32 bits per heavy atom. The summed E-state index contributed by atoms with van der Waals surface area (Å²) in [5, 5.41) is 12.4. The van der Waals surface area contributed by atoms with E-state index in [0.29, 0.717) is 5.92 Å². The number of nitriles is 1. The molecule has 0 aromatic heterocycles. The molecule has 2 rings (SSSR count). The number of nitrogens with one attached hydrogen (secondary N) is 1. The molecule has 3 heteroatoms. The Morgan fingerprint density at radius 2 is 2.05 bits per heavy atom. The summed E-state index contributed by atoms with van der Waals surface area (Å²) in [4.78, 5) is 12.4. The molecule has 1 aliphatic carbocycles. The maximum absolute atomic E-state index is 12.4. The summed E-state index contributed by atoms with van der Waals surface area (Å²) < 4.78 is 0. The smallest absolute Gasteiger partial charge is 0.262 e. The molecule has 1 aromatic rings. The number of hydrogen-bond acceptors (Lipinski definition) is 2. The van der Waals surface area contributed by atoms with Crippen molar-refractivity contribution < 1.29 is 4.79 Å². The van der Waals surface area contributed by atoms with Crippen LogP contribution in [0.5, 0.6) is 0 Å². The molecule has 0 heterocycles. The highest BCUT2D eigenvalue weighted by atomic mass is 16.1. The zero-order chi connectivity index (χ0) is 16.1. The van der Waals surface area contributed by atoms with Gasteiger partial charge in [-0.15, -0.1) is 0 Å². The molecule has 0 radical (unpaired) electrons. The molecule has 0 spiro atoms. The monoisotopic (exact) mass is 296 g/mol. The first kappa shape index (κ1) is 16.3. The second-order valence-electron chi connectivity index (χ2n) is 6.37. The van der Waals surface area contributed by atoms with Crippen LogP contribution in [0.25, 0.3) is 6.08 Å². The molecule has 1 aliphatic rings. The zero-order valence-corrected chi connectivity index (χ0v) is 13.6. The van der Waals surface area contributed by atoms with Gasteiger partial charge in [0.2, 0.25) is 0 Å². The standard InChI is InChI=1S/C19H24N2O/c1-13-8-9-14(2)16(10-13)11-17(12-20)19(22)21-18-7-5-4-6-15(18)3/h8-11,15,18H,4-7H2,1-3H3,(H,21,22)/b17-11+/t15-,18+/m0/s1. The van der Waals surface area contributed by atoms with Crippen molar-refractivity contribution in [3.63, 3.8) is 0 Å².